The molecule has 0 saturated heterocycles. The van der Waals surface area contributed by atoms with Gasteiger partial charge < -0.3 is 14.3 Å². The lowest BCUT2D eigenvalue weighted by atomic mass is 9.94. The van der Waals surface area contributed by atoms with E-state index in [-0.39, 0.29) is 0 Å². The second-order valence-electron chi connectivity index (χ2n) is 3.38. The van der Waals surface area contributed by atoms with Gasteiger partial charge in [0.25, 0.3) is 0 Å². The zero-order valence-corrected chi connectivity index (χ0v) is 8.12. The summed E-state index contributed by atoms with van der Waals surface area (Å²) in [6, 6.07) is 1.78. The third kappa shape index (κ3) is 2.86. The second-order valence-corrected chi connectivity index (χ2v) is 3.38. The molecular weight excluding hydrogens is 168 g/mol. The first-order chi connectivity index (χ1) is 6.17. The Morgan fingerprint density at radius 3 is 2.92 bits per heavy atom. The summed E-state index contributed by atoms with van der Waals surface area (Å²) in [6.07, 6.45) is 4.67. The number of hydrogen-bond donors (Lipinski definition) is 1. The Hall–Kier alpha value is -0.800. The van der Waals surface area contributed by atoms with E-state index in [1.807, 2.05) is 0 Å². The maximum atomic E-state index is 9.99. The summed E-state index contributed by atoms with van der Waals surface area (Å²) >= 11 is 0. The van der Waals surface area contributed by atoms with Crippen molar-refractivity contribution < 1.29 is 14.3 Å². The Balaban J connectivity index is 2.46. The quantitative estimate of drug-likeness (QED) is 0.711. The molecule has 1 unspecified atom stereocenters. The van der Waals surface area contributed by atoms with Gasteiger partial charge in [-0.05, 0) is 25.8 Å². The molecule has 1 aromatic rings. The molecule has 0 saturated carbocycles. The molecule has 0 aliphatic heterocycles. The van der Waals surface area contributed by atoms with Crippen LogP contribution in [0.3, 0.4) is 0 Å². The molecule has 0 aliphatic carbocycles. The molecule has 74 valence electrons. The second kappa shape index (κ2) is 4.44. The van der Waals surface area contributed by atoms with E-state index in [0.29, 0.717) is 13.0 Å². The number of furan rings is 1. The smallest absolute Gasteiger partial charge is 0.0963 e. The van der Waals surface area contributed by atoms with E-state index < -0.39 is 5.60 Å². The molecule has 0 aliphatic rings. The van der Waals surface area contributed by atoms with Crippen LogP contribution in [0.1, 0.15) is 25.3 Å². The molecule has 13 heavy (non-hydrogen) atoms. The van der Waals surface area contributed by atoms with Gasteiger partial charge in [-0.15, -0.1) is 0 Å². The third-order valence-electron chi connectivity index (χ3n) is 2.16. The Morgan fingerprint density at radius 1 is 1.62 bits per heavy atom. The van der Waals surface area contributed by atoms with E-state index in [2.05, 4.69) is 0 Å². The minimum Gasteiger partial charge on any atom is -0.472 e. The minimum absolute atomic E-state index is 0.675. The van der Waals surface area contributed by atoms with E-state index in [0.717, 1.165) is 12.0 Å². The van der Waals surface area contributed by atoms with Crippen molar-refractivity contribution in [2.45, 2.75) is 25.4 Å². The highest BCUT2D eigenvalue weighted by molar-refractivity contribution is 5.14. The third-order valence-corrected chi connectivity index (χ3v) is 2.16. The van der Waals surface area contributed by atoms with Crippen molar-refractivity contribution in [3.05, 3.63) is 24.2 Å². The number of rotatable bonds is 5. The highest BCUT2D eigenvalue weighted by atomic mass is 16.5. The van der Waals surface area contributed by atoms with Gasteiger partial charge in [0.1, 0.15) is 0 Å². The monoisotopic (exact) mass is 184 g/mol. The van der Waals surface area contributed by atoms with Crippen molar-refractivity contribution in [3.63, 3.8) is 0 Å². The average Bonchev–Trinajstić information content (AvgIpc) is 2.56. The highest BCUT2D eigenvalue weighted by Crippen LogP contribution is 2.25. The van der Waals surface area contributed by atoms with E-state index in [4.69, 9.17) is 9.15 Å². The summed E-state index contributed by atoms with van der Waals surface area (Å²) < 4.78 is 9.84. The van der Waals surface area contributed by atoms with Crippen LogP contribution in [0.25, 0.3) is 0 Å². The van der Waals surface area contributed by atoms with E-state index >= 15 is 0 Å². The predicted octanol–water partition coefficient (Wildman–Crippen LogP) is 1.91. The molecule has 0 spiro atoms. The zero-order valence-electron chi connectivity index (χ0n) is 8.12. The Morgan fingerprint density at radius 2 is 2.38 bits per heavy atom. The molecular formula is C10H16O3. The Labute approximate surface area is 78.3 Å². The molecule has 0 aromatic carbocycles. The summed E-state index contributed by atoms with van der Waals surface area (Å²) in [6.45, 7) is 2.46. The summed E-state index contributed by atoms with van der Waals surface area (Å²) in [4.78, 5) is 0. The molecule has 1 atom stereocenters. The number of methoxy groups -OCH3 is 1. The van der Waals surface area contributed by atoms with Crippen molar-refractivity contribution in [3.8, 4) is 0 Å². The molecule has 1 N–H and O–H groups in total. The summed E-state index contributed by atoms with van der Waals surface area (Å²) in [5, 5.41) is 9.99. The minimum atomic E-state index is -0.800. The molecule has 1 aromatic heterocycles. The van der Waals surface area contributed by atoms with Crippen LogP contribution in [-0.2, 0) is 10.3 Å². The van der Waals surface area contributed by atoms with Crippen LogP contribution in [-0.4, -0.2) is 18.8 Å². The molecule has 0 bridgehead atoms. The van der Waals surface area contributed by atoms with Gasteiger partial charge in [0, 0.05) is 19.3 Å². The lowest BCUT2D eigenvalue weighted by molar-refractivity contribution is 0.0367. The lowest BCUT2D eigenvalue weighted by Crippen LogP contribution is -2.20. The standard InChI is InChI=1S/C10H16O3/c1-10(11,5-3-6-12-2)9-4-7-13-8-9/h4,7-8,11H,3,5-6H2,1-2H3. The molecule has 1 rings (SSSR count). The lowest BCUT2D eigenvalue weighted by Gasteiger charge is -2.21. The number of aliphatic hydroxyl groups is 1. The molecule has 0 amide bonds. The fourth-order valence-electron chi connectivity index (χ4n) is 1.28. The predicted molar refractivity (Wildman–Crippen MR) is 49.4 cm³/mol. The van der Waals surface area contributed by atoms with Crippen LogP contribution in [0.4, 0.5) is 0 Å². The zero-order chi connectivity index (χ0) is 9.73. The normalized spacial score (nSPS) is 15.6. The Bertz CT molecular complexity index is 226. The van der Waals surface area contributed by atoms with Gasteiger partial charge in [0.05, 0.1) is 18.1 Å². The summed E-state index contributed by atoms with van der Waals surface area (Å²) in [5.41, 5.74) is 0.0227. The highest BCUT2D eigenvalue weighted by Gasteiger charge is 2.23. The number of hydrogen-bond acceptors (Lipinski definition) is 3. The molecule has 0 fully saturated rings. The van der Waals surface area contributed by atoms with Crippen LogP contribution in [0.5, 0.6) is 0 Å². The molecule has 1 heterocycles. The van der Waals surface area contributed by atoms with Crippen LogP contribution >= 0.6 is 0 Å². The largest absolute Gasteiger partial charge is 0.472 e. The average molecular weight is 184 g/mol. The van der Waals surface area contributed by atoms with E-state index in [1.165, 1.54) is 0 Å². The van der Waals surface area contributed by atoms with Crippen molar-refractivity contribution in [2.75, 3.05) is 13.7 Å². The van der Waals surface area contributed by atoms with Crippen LogP contribution in [0.2, 0.25) is 0 Å². The number of ether oxygens (including phenoxy) is 1. The topological polar surface area (TPSA) is 42.6 Å². The van der Waals surface area contributed by atoms with Gasteiger partial charge in [0.2, 0.25) is 0 Å². The molecule has 3 nitrogen and oxygen atoms in total. The fourth-order valence-corrected chi connectivity index (χ4v) is 1.28. The van der Waals surface area contributed by atoms with Crippen molar-refractivity contribution in [1.82, 2.24) is 0 Å². The first-order valence-corrected chi connectivity index (χ1v) is 4.41. The summed E-state index contributed by atoms with van der Waals surface area (Å²) in [5.74, 6) is 0. The van der Waals surface area contributed by atoms with E-state index in [1.54, 1.807) is 32.6 Å². The van der Waals surface area contributed by atoms with Gasteiger partial charge >= 0.3 is 0 Å². The van der Waals surface area contributed by atoms with E-state index in [9.17, 15) is 5.11 Å². The van der Waals surface area contributed by atoms with Gasteiger partial charge in [-0.2, -0.15) is 0 Å². The van der Waals surface area contributed by atoms with Crippen molar-refractivity contribution in [1.29, 1.82) is 0 Å². The molecule has 0 radical (unpaired) electrons. The first kappa shape index (κ1) is 10.3. The maximum absolute atomic E-state index is 9.99. The van der Waals surface area contributed by atoms with Crippen molar-refractivity contribution in [2.24, 2.45) is 0 Å². The van der Waals surface area contributed by atoms with Gasteiger partial charge in [-0.25, -0.2) is 0 Å². The first-order valence-electron chi connectivity index (χ1n) is 4.41. The van der Waals surface area contributed by atoms with Gasteiger partial charge in [-0.1, -0.05) is 0 Å². The molecule has 3 heteroatoms. The summed E-state index contributed by atoms with van der Waals surface area (Å²) in [7, 11) is 1.66. The van der Waals surface area contributed by atoms with Crippen LogP contribution < -0.4 is 0 Å². The van der Waals surface area contributed by atoms with Gasteiger partial charge in [0.15, 0.2) is 0 Å². The fraction of sp³-hybridized carbons (Fsp3) is 0.600. The van der Waals surface area contributed by atoms with Crippen molar-refractivity contribution >= 4 is 0 Å². The van der Waals surface area contributed by atoms with Gasteiger partial charge in [-0.3, -0.25) is 0 Å². The van der Waals surface area contributed by atoms with Crippen LogP contribution in [0, 0.1) is 0 Å². The maximum Gasteiger partial charge on any atom is 0.0963 e. The SMILES string of the molecule is COCCCC(C)(O)c1ccoc1. The Kier molecular flexibility index (Phi) is 3.51. The van der Waals surface area contributed by atoms with Crippen LogP contribution in [0.15, 0.2) is 23.0 Å².